The largest absolute Gasteiger partial charge is 0.453 e. The molecular weight excluding hydrogens is 448 g/mol. The number of H-pyrrole nitrogens is 1. The molecule has 0 aliphatic rings. The van der Waals surface area contributed by atoms with Crippen LogP contribution in [0.1, 0.15) is 44.3 Å². The predicted molar refractivity (Wildman–Crippen MR) is 119 cm³/mol. The van der Waals surface area contributed by atoms with Crippen LogP contribution in [-0.2, 0) is 16.1 Å². The third kappa shape index (κ3) is 6.92. The van der Waals surface area contributed by atoms with Gasteiger partial charge in [-0.1, -0.05) is 42.6 Å². The van der Waals surface area contributed by atoms with Crippen molar-refractivity contribution in [2.45, 2.75) is 39.8 Å². The molecule has 160 valence electrons. The van der Waals surface area contributed by atoms with Crippen LogP contribution in [0.5, 0.6) is 0 Å². The number of nitrogens with zero attached hydrogens (tertiary/aromatic N) is 2. The lowest BCUT2D eigenvalue weighted by Crippen LogP contribution is -2.51. The van der Waals surface area contributed by atoms with Crippen molar-refractivity contribution in [3.63, 3.8) is 0 Å². The van der Waals surface area contributed by atoms with Gasteiger partial charge in [0.2, 0.25) is 5.91 Å². The maximum absolute atomic E-state index is 13.1. The number of hydrogen-bond donors (Lipinski definition) is 2. The molecule has 0 saturated carbocycles. The van der Waals surface area contributed by atoms with Crippen molar-refractivity contribution >= 4 is 27.9 Å². The summed E-state index contributed by atoms with van der Waals surface area (Å²) < 4.78 is 5.65. The van der Waals surface area contributed by atoms with Gasteiger partial charge in [-0.25, -0.2) is 9.78 Å². The number of ether oxygens (including phenoxy) is 1. The minimum atomic E-state index is -0.671. The molecule has 0 unspecified atom stereocenters. The van der Waals surface area contributed by atoms with Gasteiger partial charge in [-0.05, 0) is 42.5 Å². The Morgan fingerprint density at radius 1 is 1.27 bits per heavy atom. The first-order valence-corrected chi connectivity index (χ1v) is 10.6. The molecular formula is C22H27BrN4O3. The van der Waals surface area contributed by atoms with Crippen molar-refractivity contribution < 1.29 is 14.3 Å². The average Bonchev–Trinajstić information content (AvgIpc) is 3.17. The SMILES string of the molecule is CCCN(Cc1ncc(C#Cc2ccc(Br)cc2)[nH]1)C(=O)[C@@H](NC(=O)OC)C(C)C. The van der Waals surface area contributed by atoms with Gasteiger partial charge in [0.25, 0.3) is 0 Å². The molecule has 2 aromatic rings. The van der Waals surface area contributed by atoms with Crippen LogP contribution in [0.3, 0.4) is 0 Å². The van der Waals surface area contributed by atoms with Gasteiger partial charge in [0, 0.05) is 16.6 Å². The lowest BCUT2D eigenvalue weighted by atomic mass is 10.0. The van der Waals surface area contributed by atoms with Gasteiger partial charge in [-0.15, -0.1) is 0 Å². The number of halogens is 1. The summed E-state index contributed by atoms with van der Waals surface area (Å²) in [5.41, 5.74) is 1.57. The second kappa shape index (κ2) is 11.4. The standard InChI is InChI=1S/C22H27BrN4O3/c1-5-12-27(21(28)20(15(2)3)26-22(29)30-4)14-19-24-13-18(25-19)11-8-16-6-9-17(23)10-7-16/h6-7,9-10,13,15,20H,5,12,14H2,1-4H3,(H,24,25)(H,26,29)/t20-/m0/s1. The van der Waals surface area contributed by atoms with Crippen LogP contribution in [0, 0.1) is 17.8 Å². The first kappa shape index (κ1) is 23.5. The van der Waals surface area contributed by atoms with E-state index in [-0.39, 0.29) is 11.8 Å². The Bertz CT molecular complexity index is 912. The van der Waals surface area contributed by atoms with E-state index in [2.05, 4.69) is 47.8 Å². The monoisotopic (exact) mass is 474 g/mol. The zero-order valence-corrected chi connectivity index (χ0v) is 19.2. The maximum atomic E-state index is 13.1. The number of benzene rings is 1. The van der Waals surface area contributed by atoms with E-state index < -0.39 is 12.1 Å². The molecule has 0 aliphatic heterocycles. The summed E-state index contributed by atoms with van der Waals surface area (Å²) in [7, 11) is 1.28. The van der Waals surface area contributed by atoms with Crippen molar-refractivity contribution in [1.82, 2.24) is 20.2 Å². The van der Waals surface area contributed by atoms with Gasteiger partial charge in [0.05, 0.1) is 19.9 Å². The smallest absolute Gasteiger partial charge is 0.407 e. The number of carbonyl (C=O) groups is 2. The van der Waals surface area contributed by atoms with E-state index in [4.69, 9.17) is 0 Å². The van der Waals surface area contributed by atoms with Crippen LogP contribution in [0.4, 0.5) is 4.79 Å². The highest BCUT2D eigenvalue weighted by Crippen LogP contribution is 2.12. The van der Waals surface area contributed by atoms with E-state index >= 15 is 0 Å². The fraction of sp³-hybridized carbons (Fsp3) is 0.409. The minimum Gasteiger partial charge on any atom is -0.453 e. The van der Waals surface area contributed by atoms with E-state index in [1.54, 1.807) is 11.1 Å². The fourth-order valence-corrected chi connectivity index (χ4v) is 3.06. The van der Waals surface area contributed by atoms with Crippen molar-refractivity contribution in [2.75, 3.05) is 13.7 Å². The molecule has 1 aromatic heterocycles. The Kier molecular flexibility index (Phi) is 8.93. The molecule has 0 spiro atoms. The lowest BCUT2D eigenvalue weighted by Gasteiger charge is -2.28. The second-order valence-electron chi connectivity index (χ2n) is 7.12. The number of amides is 2. The van der Waals surface area contributed by atoms with Crippen molar-refractivity contribution in [3.05, 3.63) is 52.0 Å². The van der Waals surface area contributed by atoms with Crippen LogP contribution in [0.25, 0.3) is 0 Å². The first-order valence-electron chi connectivity index (χ1n) is 9.78. The molecule has 1 heterocycles. The molecule has 0 bridgehead atoms. The van der Waals surface area contributed by atoms with Crippen LogP contribution in [-0.4, -0.2) is 46.6 Å². The maximum Gasteiger partial charge on any atom is 0.407 e. The van der Waals surface area contributed by atoms with Crippen LogP contribution in [0.2, 0.25) is 0 Å². The van der Waals surface area contributed by atoms with Crippen LogP contribution < -0.4 is 5.32 Å². The Morgan fingerprint density at radius 3 is 2.57 bits per heavy atom. The van der Waals surface area contributed by atoms with Gasteiger partial charge >= 0.3 is 6.09 Å². The summed E-state index contributed by atoms with van der Waals surface area (Å²) in [6.07, 6.45) is 1.82. The van der Waals surface area contributed by atoms with Gasteiger partial charge in [0.15, 0.2) is 0 Å². The third-order valence-corrected chi connectivity index (χ3v) is 4.88. The van der Waals surface area contributed by atoms with Gasteiger partial charge in [-0.3, -0.25) is 4.79 Å². The highest BCUT2D eigenvalue weighted by atomic mass is 79.9. The molecule has 8 heteroatoms. The Hall–Kier alpha value is -2.79. The molecule has 0 aliphatic carbocycles. The van der Waals surface area contributed by atoms with Gasteiger partial charge < -0.3 is 19.9 Å². The van der Waals surface area contributed by atoms with Gasteiger partial charge in [-0.2, -0.15) is 0 Å². The quantitative estimate of drug-likeness (QED) is 0.598. The van der Waals surface area contributed by atoms with Crippen LogP contribution in [0.15, 0.2) is 34.9 Å². The highest BCUT2D eigenvalue weighted by Gasteiger charge is 2.29. The Balaban J connectivity index is 2.12. The number of nitrogens with one attached hydrogen (secondary N) is 2. The van der Waals surface area contributed by atoms with Gasteiger partial charge in [0.1, 0.15) is 17.6 Å². The molecule has 0 saturated heterocycles. The zero-order chi connectivity index (χ0) is 22.1. The van der Waals surface area contributed by atoms with E-state index in [0.29, 0.717) is 24.6 Å². The average molecular weight is 475 g/mol. The molecule has 2 rings (SSSR count). The molecule has 30 heavy (non-hydrogen) atoms. The number of hydrogen-bond acceptors (Lipinski definition) is 4. The summed E-state index contributed by atoms with van der Waals surface area (Å²) in [5, 5.41) is 2.63. The lowest BCUT2D eigenvalue weighted by molar-refractivity contribution is -0.135. The first-order chi connectivity index (χ1) is 14.3. The number of aromatic nitrogens is 2. The van der Waals surface area contributed by atoms with Crippen molar-refractivity contribution in [2.24, 2.45) is 5.92 Å². The molecule has 2 N–H and O–H groups in total. The summed E-state index contributed by atoms with van der Waals surface area (Å²) in [6, 6.07) is 7.05. The number of alkyl carbamates (subject to hydrolysis) is 1. The topological polar surface area (TPSA) is 87.3 Å². The number of methoxy groups -OCH3 is 1. The predicted octanol–water partition coefficient (Wildman–Crippen LogP) is 3.69. The molecule has 0 radical (unpaired) electrons. The molecule has 1 atom stereocenters. The molecule has 7 nitrogen and oxygen atoms in total. The summed E-state index contributed by atoms with van der Waals surface area (Å²) in [5.74, 6) is 6.51. The Morgan fingerprint density at radius 2 is 1.97 bits per heavy atom. The number of aromatic amines is 1. The Labute approximate surface area is 185 Å². The third-order valence-electron chi connectivity index (χ3n) is 4.35. The van der Waals surface area contributed by atoms with Crippen molar-refractivity contribution in [1.29, 1.82) is 0 Å². The number of rotatable bonds is 7. The van der Waals surface area contributed by atoms with E-state index in [9.17, 15) is 9.59 Å². The number of carbonyl (C=O) groups excluding carboxylic acids is 2. The van der Waals surface area contributed by atoms with E-state index in [0.717, 1.165) is 16.5 Å². The summed E-state index contributed by atoms with van der Waals surface area (Å²) >= 11 is 3.40. The van der Waals surface area contributed by atoms with Crippen LogP contribution >= 0.6 is 15.9 Å². The second-order valence-corrected chi connectivity index (χ2v) is 8.03. The van der Waals surface area contributed by atoms with E-state index in [1.807, 2.05) is 45.0 Å². The zero-order valence-electron chi connectivity index (χ0n) is 17.7. The fourth-order valence-electron chi connectivity index (χ4n) is 2.79. The van der Waals surface area contributed by atoms with E-state index in [1.165, 1.54) is 7.11 Å². The normalized spacial score (nSPS) is 11.4. The molecule has 1 aromatic carbocycles. The highest BCUT2D eigenvalue weighted by molar-refractivity contribution is 9.10. The summed E-state index contributed by atoms with van der Waals surface area (Å²) in [6.45, 7) is 6.61. The molecule has 0 fully saturated rings. The van der Waals surface area contributed by atoms with Crippen molar-refractivity contribution in [3.8, 4) is 11.8 Å². The number of imidazole rings is 1. The summed E-state index contributed by atoms with van der Waals surface area (Å²) in [4.78, 5) is 33.9. The molecule has 2 amide bonds. The minimum absolute atomic E-state index is 0.0834.